The van der Waals surface area contributed by atoms with Gasteiger partial charge < -0.3 is 4.74 Å². The number of rotatable bonds is 16. The molecule has 2 nitrogen and oxygen atoms in total. The number of hydrogen-bond acceptors (Lipinski definition) is 2. The Morgan fingerprint density at radius 3 is 2.00 bits per heavy atom. The number of benzene rings is 1. The molecular formula is C32H49NO. The van der Waals surface area contributed by atoms with Crippen molar-refractivity contribution in [3.8, 4) is 17.0 Å². The van der Waals surface area contributed by atoms with E-state index in [0.717, 1.165) is 36.3 Å². The van der Waals surface area contributed by atoms with Gasteiger partial charge in [-0.25, -0.2) is 0 Å². The first kappa shape index (κ1) is 26.8. The lowest BCUT2D eigenvalue weighted by Crippen LogP contribution is -2.20. The highest BCUT2D eigenvalue weighted by Gasteiger charge is 2.21. The number of ether oxygens (including phenoxy) is 1. The van der Waals surface area contributed by atoms with E-state index in [1.54, 1.807) is 0 Å². The van der Waals surface area contributed by atoms with Crippen molar-refractivity contribution in [3.63, 3.8) is 0 Å². The molecule has 0 radical (unpaired) electrons. The molecule has 1 aromatic carbocycles. The average Bonchev–Trinajstić information content (AvgIpc) is 2.89. The normalized spacial score (nSPS) is 18.2. The lowest BCUT2D eigenvalue weighted by molar-refractivity contribution is 0.177. The molecule has 0 N–H and O–H groups in total. The highest BCUT2D eigenvalue weighted by Crippen LogP contribution is 2.32. The topological polar surface area (TPSA) is 22.1 Å². The Morgan fingerprint density at radius 1 is 0.706 bits per heavy atom. The quantitative estimate of drug-likeness (QED) is 0.231. The van der Waals surface area contributed by atoms with Gasteiger partial charge in [0.25, 0.3) is 0 Å². The molecule has 0 saturated heterocycles. The third-order valence-corrected chi connectivity index (χ3v) is 7.71. The molecule has 0 unspecified atom stereocenters. The van der Waals surface area contributed by atoms with Gasteiger partial charge in [0.05, 0.1) is 12.3 Å². The first-order valence-corrected chi connectivity index (χ1v) is 14.5. The highest BCUT2D eigenvalue weighted by atomic mass is 16.5. The SMILES string of the molecule is CCCCCCCc1ccc(-c2ccc(OC[C@H]3CC[C@H](CCCCCCC)CC3)cc2)nc1. The van der Waals surface area contributed by atoms with E-state index in [9.17, 15) is 0 Å². The molecule has 0 amide bonds. The number of unbranched alkanes of at least 4 members (excludes halogenated alkanes) is 8. The van der Waals surface area contributed by atoms with Crippen LogP contribution in [0.2, 0.25) is 0 Å². The van der Waals surface area contributed by atoms with Gasteiger partial charge in [0.15, 0.2) is 0 Å². The zero-order valence-corrected chi connectivity index (χ0v) is 22.1. The molecule has 0 spiro atoms. The van der Waals surface area contributed by atoms with Gasteiger partial charge in [-0.15, -0.1) is 0 Å². The van der Waals surface area contributed by atoms with Crippen molar-refractivity contribution >= 4 is 0 Å². The van der Waals surface area contributed by atoms with E-state index in [-0.39, 0.29) is 0 Å². The van der Waals surface area contributed by atoms with Crippen LogP contribution in [0.4, 0.5) is 0 Å². The van der Waals surface area contributed by atoms with E-state index >= 15 is 0 Å². The summed E-state index contributed by atoms with van der Waals surface area (Å²) in [6, 6.07) is 12.9. The summed E-state index contributed by atoms with van der Waals surface area (Å²) in [5.74, 6) is 2.69. The Hall–Kier alpha value is -1.83. The first-order chi connectivity index (χ1) is 16.8. The smallest absolute Gasteiger partial charge is 0.119 e. The molecule has 34 heavy (non-hydrogen) atoms. The van der Waals surface area contributed by atoms with Gasteiger partial charge in [-0.3, -0.25) is 4.98 Å². The van der Waals surface area contributed by atoms with Crippen molar-refractivity contribution in [2.75, 3.05) is 6.61 Å². The molecule has 2 aromatic rings. The van der Waals surface area contributed by atoms with Crippen LogP contribution in [0.25, 0.3) is 11.3 Å². The Bertz CT molecular complexity index is 759. The second-order valence-electron chi connectivity index (χ2n) is 10.6. The Kier molecular flexibility index (Phi) is 12.6. The van der Waals surface area contributed by atoms with Crippen LogP contribution in [-0.2, 0) is 6.42 Å². The van der Waals surface area contributed by atoms with Crippen LogP contribution in [0.15, 0.2) is 42.6 Å². The maximum absolute atomic E-state index is 6.17. The monoisotopic (exact) mass is 463 g/mol. The number of aryl methyl sites for hydroxylation is 1. The molecule has 188 valence electrons. The van der Waals surface area contributed by atoms with E-state index in [1.165, 1.54) is 107 Å². The summed E-state index contributed by atoms with van der Waals surface area (Å²) in [4.78, 5) is 4.72. The van der Waals surface area contributed by atoms with Crippen LogP contribution in [0.1, 0.15) is 116 Å². The molecule has 3 rings (SSSR count). The minimum absolute atomic E-state index is 0.729. The zero-order valence-electron chi connectivity index (χ0n) is 22.1. The van der Waals surface area contributed by atoms with Gasteiger partial charge in [-0.1, -0.05) is 97.0 Å². The molecule has 1 aromatic heterocycles. The van der Waals surface area contributed by atoms with Crippen LogP contribution in [0.3, 0.4) is 0 Å². The molecule has 0 atom stereocenters. The Morgan fingerprint density at radius 2 is 1.35 bits per heavy atom. The second-order valence-corrected chi connectivity index (χ2v) is 10.6. The van der Waals surface area contributed by atoms with E-state index in [4.69, 9.17) is 9.72 Å². The minimum atomic E-state index is 0.729. The maximum atomic E-state index is 6.17. The third kappa shape index (κ3) is 9.80. The standard InChI is InChI=1S/C32H49NO/c1-3-5-7-9-11-13-27-15-17-29(18-16-27)26-34-31-22-20-30(21-23-31)32-24-19-28(25-33-32)14-12-10-8-6-4-2/h19-25,27,29H,3-18,26H2,1-2H3/t27-,29-. The largest absolute Gasteiger partial charge is 0.493 e. The summed E-state index contributed by atoms with van der Waals surface area (Å²) in [6.45, 7) is 5.43. The zero-order chi connectivity index (χ0) is 23.8. The molecule has 0 aliphatic heterocycles. The number of hydrogen-bond donors (Lipinski definition) is 0. The second kappa shape index (κ2) is 16.0. The summed E-state index contributed by atoms with van der Waals surface area (Å²) in [6.07, 6.45) is 23.8. The lowest BCUT2D eigenvalue weighted by atomic mass is 9.80. The van der Waals surface area contributed by atoms with Crippen molar-refractivity contribution in [2.24, 2.45) is 11.8 Å². The summed E-state index contributed by atoms with van der Waals surface area (Å²) in [7, 11) is 0. The molecule has 1 aliphatic rings. The minimum Gasteiger partial charge on any atom is -0.493 e. The fourth-order valence-electron chi connectivity index (χ4n) is 5.34. The Labute approximate surface area is 209 Å². The van der Waals surface area contributed by atoms with Gasteiger partial charge in [0.1, 0.15) is 5.75 Å². The van der Waals surface area contributed by atoms with Gasteiger partial charge in [-0.2, -0.15) is 0 Å². The summed E-state index contributed by atoms with van der Waals surface area (Å²) in [5.41, 5.74) is 3.57. The molecule has 1 heterocycles. The van der Waals surface area contributed by atoms with Crippen molar-refractivity contribution in [2.45, 2.75) is 117 Å². The fourth-order valence-corrected chi connectivity index (χ4v) is 5.34. The molecular weight excluding hydrogens is 414 g/mol. The molecule has 2 heteroatoms. The van der Waals surface area contributed by atoms with Gasteiger partial charge in [0, 0.05) is 11.8 Å². The van der Waals surface area contributed by atoms with E-state index in [2.05, 4.69) is 56.4 Å². The Balaban J connectivity index is 1.33. The summed E-state index contributed by atoms with van der Waals surface area (Å²) >= 11 is 0. The van der Waals surface area contributed by atoms with Crippen molar-refractivity contribution in [3.05, 3.63) is 48.2 Å². The van der Waals surface area contributed by atoms with Crippen LogP contribution in [-0.4, -0.2) is 11.6 Å². The number of pyridine rings is 1. The molecule has 1 saturated carbocycles. The predicted octanol–water partition coefficient (Wildman–Crippen LogP) is 9.81. The molecule has 1 aliphatic carbocycles. The van der Waals surface area contributed by atoms with Crippen molar-refractivity contribution < 1.29 is 4.74 Å². The van der Waals surface area contributed by atoms with Crippen LogP contribution in [0, 0.1) is 11.8 Å². The van der Waals surface area contributed by atoms with Crippen LogP contribution >= 0.6 is 0 Å². The van der Waals surface area contributed by atoms with E-state index in [1.807, 2.05) is 0 Å². The van der Waals surface area contributed by atoms with Gasteiger partial charge in [-0.05, 0) is 73.4 Å². The predicted molar refractivity (Wildman–Crippen MR) is 146 cm³/mol. The summed E-state index contributed by atoms with van der Waals surface area (Å²) in [5, 5.41) is 0. The average molecular weight is 464 g/mol. The first-order valence-electron chi connectivity index (χ1n) is 14.5. The van der Waals surface area contributed by atoms with Crippen LogP contribution < -0.4 is 4.74 Å². The fraction of sp³-hybridized carbons (Fsp3) is 0.656. The van der Waals surface area contributed by atoms with E-state index < -0.39 is 0 Å². The molecule has 1 fully saturated rings. The van der Waals surface area contributed by atoms with E-state index in [0.29, 0.717) is 0 Å². The highest BCUT2D eigenvalue weighted by molar-refractivity contribution is 5.60. The van der Waals surface area contributed by atoms with Gasteiger partial charge in [0.2, 0.25) is 0 Å². The van der Waals surface area contributed by atoms with Gasteiger partial charge >= 0.3 is 0 Å². The summed E-state index contributed by atoms with van der Waals surface area (Å²) < 4.78 is 6.17. The number of aromatic nitrogens is 1. The van der Waals surface area contributed by atoms with Crippen molar-refractivity contribution in [1.29, 1.82) is 0 Å². The maximum Gasteiger partial charge on any atom is 0.119 e. The van der Waals surface area contributed by atoms with Crippen LogP contribution in [0.5, 0.6) is 5.75 Å². The number of nitrogens with zero attached hydrogens (tertiary/aromatic N) is 1. The van der Waals surface area contributed by atoms with Crippen molar-refractivity contribution in [1.82, 2.24) is 4.98 Å². The lowest BCUT2D eigenvalue weighted by Gasteiger charge is -2.28. The molecule has 0 bridgehead atoms. The third-order valence-electron chi connectivity index (χ3n) is 7.71.